The monoisotopic (exact) mass is 173 g/mol. The first-order valence-electron chi connectivity index (χ1n) is 4.95. The molecule has 0 aromatic carbocycles. The minimum atomic E-state index is -0.663. The van der Waals surface area contributed by atoms with E-state index in [9.17, 15) is 5.11 Å². The fourth-order valence-corrected chi connectivity index (χ4v) is 1.60. The Labute approximate surface area is 76.2 Å². The van der Waals surface area contributed by atoms with Crippen LogP contribution in [-0.4, -0.2) is 17.3 Å². The maximum atomic E-state index is 10.2. The lowest BCUT2D eigenvalue weighted by molar-refractivity contribution is -0.0526. The summed E-state index contributed by atoms with van der Waals surface area (Å²) >= 11 is 0. The molecule has 0 aliphatic carbocycles. The molecule has 0 spiro atoms. The van der Waals surface area contributed by atoms with Gasteiger partial charge in [0.2, 0.25) is 0 Å². The highest BCUT2D eigenvalue weighted by Gasteiger charge is 2.35. The molecule has 2 atom stereocenters. The molecule has 0 bridgehead atoms. The average molecular weight is 173 g/mol. The predicted molar refractivity (Wildman–Crippen MR) is 52.9 cm³/mol. The Morgan fingerprint density at radius 2 is 1.50 bits per heavy atom. The van der Waals surface area contributed by atoms with Crippen LogP contribution in [0.1, 0.15) is 40.5 Å². The highest BCUT2D eigenvalue weighted by atomic mass is 16.3. The van der Waals surface area contributed by atoms with Crippen LogP contribution in [0.5, 0.6) is 0 Å². The maximum Gasteiger partial charge on any atom is 0.0819 e. The Kier molecular flexibility index (Phi) is 4.80. The van der Waals surface area contributed by atoms with Crippen LogP contribution >= 0.6 is 0 Å². The molecule has 0 saturated carbocycles. The van der Waals surface area contributed by atoms with Crippen molar-refractivity contribution >= 4 is 0 Å². The lowest BCUT2D eigenvalue weighted by Crippen LogP contribution is -2.49. The molecule has 0 aliphatic rings. The van der Waals surface area contributed by atoms with Crippen LogP contribution in [0.2, 0.25) is 0 Å². The van der Waals surface area contributed by atoms with E-state index in [2.05, 4.69) is 27.7 Å². The zero-order valence-corrected chi connectivity index (χ0v) is 8.80. The fraction of sp³-hybridized carbons (Fsp3) is 1.00. The molecule has 0 aromatic rings. The van der Waals surface area contributed by atoms with Crippen molar-refractivity contribution < 1.29 is 5.11 Å². The summed E-state index contributed by atoms with van der Waals surface area (Å²) in [4.78, 5) is 0. The summed E-state index contributed by atoms with van der Waals surface area (Å²) in [7, 11) is 0. The third kappa shape index (κ3) is 2.20. The molecule has 0 amide bonds. The lowest BCUT2D eigenvalue weighted by Gasteiger charge is -2.37. The van der Waals surface area contributed by atoms with Gasteiger partial charge in [0.05, 0.1) is 5.60 Å². The molecule has 0 aromatic heterocycles. The Bertz CT molecular complexity index is 115. The molecular formula is C10H23NO. The van der Waals surface area contributed by atoms with Gasteiger partial charge >= 0.3 is 0 Å². The van der Waals surface area contributed by atoms with Crippen molar-refractivity contribution in [3.63, 3.8) is 0 Å². The molecule has 0 fully saturated rings. The van der Waals surface area contributed by atoms with Crippen molar-refractivity contribution in [2.45, 2.75) is 46.1 Å². The minimum Gasteiger partial charge on any atom is -0.388 e. The van der Waals surface area contributed by atoms with Crippen molar-refractivity contribution in [3.8, 4) is 0 Å². The number of aliphatic hydroxyl groups is 1. The van der Waals surface area contributed by atoms with Crippen LogP contribution < -0.4 is 5.73 Å². The van der Waals surface area contributed by atoms with E-state index in [0.29, 0.717) is 6.54 Å². The Morgan fingerprint density at radius 1 is 1.17 bits per heavy atom. The van der Waals surface area contributed by atoms with Crippen molar-refractivity contribution in [3.05, 3.63) is 0 Å². The molecule has 2 unspecified atom stereocenters. The minimum absolute atomic E-state index is 0.289. The first kappa shape index (κ1) is 11.9. The molecule has 0 radical (unpaired) electrons. The average Bonchev–Trinajstić information content (AvgIpc) is 2.13. The molecule has 0 heterocycles. The first-order chi connectivity index (χ1) is 5.52. The third-order valence-electron chi connectivity index (χ3n) is 3.26. The van der Waals surface area contributed by atoms with Gasteiger partial charge in [0.15, 0.2) is 0 Å². The maximum absolute atomic E-state index is 10.2. The summed E-state index contributed by atoms with van der Waals surface area (Å²) in [6.45, 7) is 8.69. The van der Waals surface area contributed by atoms with Crippen LogP contribution in [0.3, 0.4) is 0 Å². The van der Waals surface area contributed by atoms with Gasteiger partial charge in [-0.25, -0.2) is 0 Å². The van der Waals surface area contributed by atoms with Crippen LogP contribution in [0, 0.1) is 11.8 Å². The van der Waals surface area contributed by atoms with Gasteiger partial charge in [0, 0.05) is 6.54 Å². The van der Waals surface area contributed by atoms with Gasteiger partial charge in [-0.05, 0) is 11.8 Å². The van der Waals surface area contributed by atoms with E-state index in [1.54, 1.807) is 0 Å². The summed E-state index contributed by atoms with van der Waals surface area (Å²) in [6, 6.07) is 0. The highest BCUT2D eigenvalue weighted by molar-refractivity contribution is 4.88. The van der Waals surface area contributed by atoms with Gasteiger partial charge in [-0.15, -0.1) is 0 Å². The normalized spacial score (nSPS) is 21.5. The van der Waals surface area contributed by atoms with Gasteiger partial charge in [-0.1, -0.05) is 40.5 Å². The Hall–Kier alpha value is -0.0800. The van der Waals surface area contributed by atoms with Crippen molar-refractivity contribution in [1.82, 2.24) is 0 Å². The quantitative estimate of drug-likeness (QED) is 0.665. The molecular weight excluding hydrogens is 150 g/mol. The van der Waals surface area contributed by atoms with Crippen molar-refractivity contribution in [1.29, 1.82) is 0 Å². The largest absolute Gasteiger partial charge is 0.388 e. The lowest BCUT2D eigenvalue weighted by atomic mass is 9.76. The second kappa shape index (κ2) is 4.83. The smallest absolute Gasteiger partial charge is 0.0819 e. The number of rotatable bonds is 5. The van der Waals surface area contributed by atoms with Gasteiger partial charge in [-0.3, -0.25) is 0 Å². The van der Waals surface area contributed by atoms with E-state index < -0.39 is 5.60 Å². The van der Waals surface area contributed by atoms with Gasteiger partial charge in [-0.2, -0.15) is 0 Å². The topological polar surface area (TPSA) is 46.2 Å². The summed E-state index contributed by atoms with van der Waals surface area (Å²) in [5.74, 6) is 0.579. The predicted octanol–water partition coefficient (Wildman–Crippen LogP) is 1.77. The molecule has 0 saturated heterocycles. The van der Waals surface area contributed by atoms with Crippen LogP contribution in [0.4, 0.5) is 0 Å². The fourth-order valence-electron chi connectivity index (χ4n) is 1.60. The van der Waals surface area contributed by atoms with Crippen LogP contribution in [0.25, 0.3) is 0 Å². The summed E-state index contributed by atoms with van der Waals surface area (Å²) in [6.07, 6.45) is 1.97. The van der Waals surface area contributed by atoms with E-state index in [-0.39, 0.29) is 11.8 Å². The number of nitrogens with two attached hydrogens (primary N) is 1. The van der Waals surface area contributed by atoms with Crippen molar-refractivity contribution in [2.75, 3.05) is 6.54 Å². The van der Waals surface area contributed by atoms with Gasteiger partial charge in [0.1, 0.15) is 0 Å². The second-order valence-corrected chi connectivity index (χ2v) is 3.81. The summed E-state index contributed by atoms with van der Waals surface area (Å²) in [5.41, 5.74) is 4.95. The number of hydrogen-bond acceptors (Lipinski definition) is 2. The standard InChI is InChI=1S/C10H23NO/c1-5-8(3)10(12,7-11)9(4)6-2/h8-9,12H,5-7,11H2,1-4H3. The van der Waals surface area contributed by atoms with Crippen LogP contribution in [0.15, 0.2) is 0 Å². The van der Waals surface area contributed by atoms with Gasteiger partial charge in [0.25, 0.3) is 0 Å². The second-order valence-electron chi connectivity index (χ2n) is 3.81. The molecule has 0 rings (SSSR count). The molecule has 3 N–H and O–H groups in total. The Morgan fingerprint density at radius 3 is 1.67 bits per heavy atom. The van der Waals surface area contributed by atoms with Crippen LogP contribution in [-0.2, 0) is 0 Å². The highest BCUT2D eigenvalue weighted by Crippen LogP contribution is 2.29. The molecule has 74 valence electrons. The van der Waals surface area contributed by atoms with E-state index in [0.717, 1.165) is 12.8 Å². The summed E-state index contributed by atoms with van der Waals surface area (Å²) in [5, 5.41) is 10.2. The van der Waals surface area contributed by atoms with E-state index in [1.165, 1.54) is 0 Å². The zero-order valence-electron chi connectivity index (χ0n) is 8.80. The Balaban J connectivity index is 4.42. The SMILES string of the molecule is CCC(C)C(O)(CN)C(C)CC. The van der Waals surface area contributed by atoms with Gasteiger partial charge < -0.3 is 10.8 Å². The van der Waals surface area contributed by atoms with E-state index in [4.69, 9.17) is 5.73 Å². The van der Waals surface area contributed by atoms with E-state index >= 15 is 0 Å². The number of hydrogen-bond donors (Lipinski definition) is 2. The third-order valence-corrected chi connectivity index (χ3v) is 3.26. The molecule has 2 nitrogen and oxygen atoms in total. The molecule has 12 heavy (non-hydrogen) atoms. The van der Waals surface area contributed by atoms with E-state index in [1.807, 2.05) is 0 Å². The first-order valence-corrected chi connectivity index (χ1v) is 4.95. The van der Waals surface area contributed by atoms with Crippen molar-refractivity contribution in [2.24, 2.45) is 17.6 Å². The molecule has 0 aliphatic heterocycles. The zero-order chi connectivity index (χ0) is 9.78. The molecule has 2 heteroatoms. The summed E-state index contributed by atoms with van der Waals surface area (Å²) < 4.78 is 0.